The molecule has 0 bridgehead atoms. The summed E-state index contributed by atoms with van der Waals surface area (Å²) in [4.78, 5) is 0. The molecule has 0 aromatic carbocycles. The number of hydrogen-bond donors (Lipinski definition) is 0. The van der Waals surface area contributed by atoms with Crippen molar-refractivity contribution in [3.05, 3.63) is 0 Å². The summed E-state index contributed by atoms with van der Waals surface area (Å²) in [5, 5.41) is 0. The first-order valence-electron chi connectivity index (χ1n) is 0.756. The molecule has 0 saturated carbocycles. The van der Waals surface area contributed by atoms with Crippen LogP contribution in [0, 0.1) is 0 Å². The number of rotatable bonds is 0. The number of halogens is 6. The molecule has 0 spiro atoms. The summed E-state index contributed by atoms with van der Waals surface area (Å²) in [5.74, 6) is 0. The summed E-state index contributed by atoms with van der Waals surface area (Å²) in [6.45, 7) is -5.33. The molecule has 0 aromatic heterocycles. The molecule has 0 nitrogen and oxygen atoms in total. The van der Waals surface area contributed by atoms with E-state index in [9.17, 15) is 0 Å². The third kappa shape index (κ3) is 50.4. The molecule has 0 heterocycles. The fraction of sp³-hybridized carbons (Fsp3) is 0. The summed E-state index contributed by atoms with van der Waals surface area (Å²) >= 11 is 0. The van der Waals surface area contributed by atoms with E-state index in [1.54, 1.807) is 0 Å². The van der Waals surface area contributed by atoms with Gasteiger partial charge in [0.1, 0.15) is 0 Å². The summed E-state index contributed by atoms with van der Waals surface area (Å²) in [6.07, 6.45) is 0. The SMILES string of the molecule is [Cl][Ir-]([Cl])([Cl])([Cl])([Cl])[Cl].[K+]. The zero-order valence-corrected chi connectivity index (χ0v) is 13.7. The van der Waals surface area contributed by atoms with Gasteiger partial charge < -0.3 is 0 Å². The Kier molecular flexibility index (Phi) is 5.57. The van der Waals surface area contributed by atoms with Crippen LogP contribution in [-0.4, -0.2) is 0 Å². The molecule has 0 aromatic rings. The molecule has 0 fully saturated rings. The Hall–Kier alpha value is 4.03. The molecule has 0 aliphatic rings. The summed E-state index contributed by atoms with van der Waals surface area (Å²) in [6, 6.07) is 0. The van der Waals surface area contributed by atoms with E-state index in [0.717, 1.165) is 0 Å². The average molecular weight is 444 g/mol. The Bertz CT molecular complexity index is 67.1. The Morgan fingerprint density at radius 1 is 0.625 bits per heavy atom. The van der Waals surface area contributed by atoms with E-state index in [0.29, 0.717) is 0 Å². The average Bonchev–Trinajstić information content (AvgIpc) is 0.592. The van der Waals surface area contributed by atoms with Crippen molar-refractivity contribution >= 4 is 57.5 Å². The van der Waals surface area contributed by atoms with E-state index >= 15 is 0 Å². The van der Waals surface area contributed by atoms with E-state index in [2.05, 4.69) is 0 Å². The minimum absolute atomic E-state index is 0. The molecule has 8 heteroatoms. The first-order chi connectivity index (χ1) is 2.45. The van der Waals surface area contributed by atoms with Crippen molar-refractivity contribution in [1.82, 2.24) is 0 Å². The second-order valence-electron chi connectivity index (χ2n) is 0.714. The predicted molar refractivity (Wildman–Crippen MR) is 35.1 cm³/mol. The van der Waals surface area contributed by atoms with Gasteiger partial charge >= 0.3 is 116 Å². The minimum Gasteiger partial charge on any atom is 1.00 e. The van der Waals surface area contributed by atoms with Crippen molar-refractivity contribution in [3.8, 4) is 0 Å². The quantitative estimate of drug-likeness (QED) is 0.492. The molecule has 52 valence electrons. The van der Waals surface area contributed by atoms with Crippen LogP contribution in [0.1, 0.15) is 0 Å². The predicted octanol–water partition coefficient (Wildman–Crippen LogP) is 1.14. The van der Waals surface area contributed by atoms with Crippen molar-refractivity contribution in [3.63, 3.8) is 0 Å². The monoisotopic (exact) mass is 442 g/mol. The van der Waals surface area contributed by atoms with Gasteiger partial charge in [0, 0.05) is 0 Å². The van der Waals surface area contributed by atoms with Crippen LogP contribution in [0.5, 0.6) is 0 Å². The molecular formula is Cl6IrK. The van der Waals surface area contributed by atoms with Gasteiger partial charge in [-0.15, -0.1) is 0 Å². The largest absolute Gasteiger partial charge is 1.00 e. The molecule has 0 saturated heterocycles. The van der Waals surface area contributed by atoms with Crippen molar-refractivity contribution in [1.29, 1.82) is 0 Å². The summed E-state index contributed by atoms with van der Waals surface area (Å²) in [5.41, 5.74) is 0. The van der Waals surface area contributed by atoms with Gasteiger partial charge in [-0.25, -0.2) is 0 Å². The van der Waals surface area contributed by atoms with E-state index in [1.165, 1.54) is 0 Å². The van der Waals surface area contributed by atoms with Crippen molar-refractivity contribution in [2.45, 2.75) is 0 Å². The Morgan fingerprint density at radius 3 is 0.625 bits per heavy atom. The van der Waals surface area contributed by atoms with Gasteiger partial charge in [0.05, 0.1) is 0 Å². The van der Waals surface area contributed by atoms with Crippen molar-refractivity contribution < 1.29 is 58.2 Å². The molecule has 0 radical (unpaired) electrons. The molecule has 8 heavy (non-hydrogen) atoms. The van der Waals surface area contributed by atoms with Crippen LogP contribution in [0.25, 0.3) is 0 Å². The van der Waals surface area contributed by atoms with Gasteiger partial charge in [0.15, 0.2) is 0 Å². The van der Waals surface area contributed by atoms with Crippen molar-refractivity contribution in [2.24, 2.45) is 0 Å². The van der Waals surface area contributed by atoms with E-state index in [4.69, 9.17) is 57.5 Å². The molecule has 0 atom stereocenters. The number of hydrogen-bond acceptors (Lipinski definition) is 0. The second kappa shape index (κ2) is 3.06. The summed E-state index contributed by atoms with van der Waals surface area (Å²) < 4.78 is 0. The molecule has 0 aliphatic heterocycles. The Balaban J connectivity index is 0. The maximum Gasteiger partial charge on any atom is 1.00 e. The van der Waals surface area contributed by atoms with Crippen LogP contribution in [-0.2, 0) is 6.81 Å². The standard InChI is InChI=1S/6ClH.Ir.K/h6*1H;;/q;;;;;;+5;+1/p-6. The second-order valence-corrected chi connectivity index (χ2v) is 52.6. The van der Waals surface area contributed by atoms with Gasteiger partial charge in [0.2, 0.25) is 0 Å². The first-order valence-corrected chi connectivity index (χ1v) is 18.6. The van der Waals surface area contributed by atoms with Gasteiger partial charge in [-0.3, -0.25) is 0 Å². The Morgan fingerprint density at radius 2 is 0.625 bits per heavy atom. The van der Waals surface area contributed by atoms with Gasteiger partial charge in [-0.2, -0.15) is 0 Å². The van der Waals surface area contributed by atoms with Crippen molar-refractivity contribution in [2.75, 3.05) is 0 Å². The molecular weight excluding hydrogens is 444 g/mol. The normalized spacial score (nSPS) is 20.2. The topological polar surface area (TPSA) is 0 Å². The van der Waals surface area contributed by atoms with E-state index in [-0.39, 0.29) is 51.4 Å². The third-order valence-electron chi connectivity index (χ3n) is 0. The molecule has 0 rings (SSSR count). The fourth-order valence-corrected chi connectivity index (χ4v) is 0. The van der Waals surface area contributed by atoms with Gasteiger partial charge in [0.25, 0.3) is 0 Å². The van der Waals surface area contributed by atoms with Gasteiger partial charge in [-0.1, -0.05) is 0 Å². The zero-order valence-electron chi connectivity index (χ0n) is 3.60. The fourth-order valence-electron chi connectivity index (χ4n) is 0. The van der Waals surface area contributed by atoms with Crippen LogP contribution in [0.15, 0.2) is 0 Å². The van der Waals surface area contributed by atoms with Crippen LogP contribution in [0.3, 0.4) is 0 Å². The maximum absolute atomic E-state index is 5.33. The Labute approximate surface area is 112 Å². The van der Waals surface area contributed by atoms with E-state index < -0.39 is 6.81 Å². The third-order valence-corrected chi connectivity index (χ3v) is 0. The molecule has 0 N–H and O–H groups in total. The zero-order chi connectivity index (χ0) is 6.41. The molecule has 0 amide bonds. The van der Waals surface area contributed by atoms with Crippen LogP contribution in [0.4, 0.5) is 0 Å². The first kappa shape index (κ1) is 14.5. The van der Waals surface area contributed by atoms with Crippen LogP contribution in [0.2, 0.25) is 0 Å². The molecule has 0 aliphatic carbocycles. The smallest absolute Gasteiger partial charge is 1.00 e. The van der Waals surface area contributed by atoms with Crippen LogP contribution < -0.4 is 51.4 Å². The minimum atomic E-state index is -5.33. The van der Waals surface area contributed by atoms with Crippen LogP contribution >= 0.6 is 57.5 Å². The summed E-state index contributed by atoms with van der Waals surface area (Å²) in [7, 11) is 30.3. The maximum atomic E-state index is 5.06. The molecule has 0 unspecified atom stereocenters. The van der Waals surface area contributed by atoms with Gasteiger partial charge in [-0.05, 0) is 0 Å². The van der Waals surface area contributed by atoms with E-state index in [1.807, 2.05) is 0 Å².